The second kappa shape index (κ2) is 4.07. The summed E-state index contributed by atoms with van der Waals surface area (Å²) in [6, 6.07) is 0. The summed E-state index contributed by atoms with van der Waals surface area (Å²) < 4.78 is 4.79. The van der Waals surface area contributed by atoms with E-state index in [1.165, 1.54) is 0 Å². The zero-order valence-electron chi connectivity index (χ0n) is 7.45. The minimum atomic E-state index is -0.876. The highest BCUT2D eigenvalue weighted by Crippen LogP contribution is 2.24. The molecule has 1 fully saturated rings. The summed E-state index contributed by atoms with van der Waals surface area (Å²) in [5.41, 5.74) is 0.905. The molecular weight excluding hydrogens is 172 g/mol. The van der Waals surface area contributed by atoms with Crippen LogP contribution in [0.15, 0.2) is 11.6 Å². The summed E-state index contributed by atoms with van der Waals surface area (Å²) in [5, 5.41) is 8.59. The first-order chi connectivity index (χ1) is 6.13. The van der Waals surface area contributed by atoms with Gasteiger partial charge in [-0.15, -0.1) is 0 Å². The van der Waals surface area contributed by atoms with Gasteiger partial charge in [0.25, 0.3) is 0 Å². The van der Waals surface area contributed by atoms with Gasteiger partial charge < -0.3 is 9.84 Å². The standard InChI is InChI=1S/C9H12O4/c1-2-6-5-13-9(12)4-7(6)3-8(10)11/h2,7H,3-5H2,1H3,(H,10,11)/b6-2+/t7-/m1/s1. The number of carbonyl (C=O) groups is 2. The highest BCUT2D eigenvalue weighted by molar-refractivity contribution is 5.74. The Kier molecular flexibility index (Phi) is 3.06. The molecule has 72 valence electrons. The summed E-state index contributed by atoms with van der Waals surface area (Å²) in [6.45, 7) is 2.07. The number of esters is 1. The Morgan fingerprint density at radius 1 is 1.77 bits per heavy atom. The number of rotatable bonds is 2. The summed E-state index contributed by atoms with van der Waals surface area (Å²) in [4.78, 5) is 21.3. The molecule has 0 amide bonds. The summed E-state index contributed by atoms with van der Waals surface area (Å²) in [7, 11) is 0. The van der Waals surface area contributed by atoms with Crippen LogP contribution in [0.1, 0.15) is 19.8 Å². The fraction of sp³-hybridized carbons (Fsp3) is 0.556. The predicted octanol–water partition coefficient (Wildman–Crippen LogP) is 0.970. The molecule has 1 aliphatic rings. The molecule has 0 aliphatic carbocycles. The first kappa shape index (κ1) is 9.77. The maximum absolute atomic E-state index is 10.9. The Bertz CT molecular complexity index is 252. The van der Waals surface area contributed by atoms with E-state index in [0.29, 0.717) is 0 Å². The number of hydrogen-bond donors (Lipinski definition) is 1. The van der Waals surface area contributed by atoms with Crippen molar-refractivity contribution in [2.75, 3.05) is 6.61 Å². The van der Waals surface area contributed by atoms with Gasteiger partial charge in [-0.05, 0) is 12.5 Å². The van der Waals surface area contributed by atoms with Crippen molar-refractivity contribution in [1.82, 2.24) is 0 Å². The molecule has 13 heavy (non-hydrogen) atoms. The van der Waals surface area contributed by atoms with Crippen molar-refractivity contribution in [2.45, 2.75) is 19.8 Å². The smallest absolute Gasteiger partial charge is 0.306 e. The van der Waals surface area contributed by atoms with Gasteiger partial charge in [-0.25, -0.2) is 0 Å². The third kappa shape index (κ3) is 2.57. The van der Waals surface area contributed by atoms with Crippen LogP contribution in [0, 0.1) is 5.92 Å². The highest BCUT2D eigenvalue weighted by Gasteiger charge is 2.26. The molecule has 1 saturated heterocycles. The van der Waals surface area contributed by atoms with Gasteiger partial charge in [0, 0.05) is 5.92 Å². The largest absolute Gasteiger partial charge is 0.481 e. The van der Waals surface area contributed by atoms with Crippen LogP contribution in [0.3, 0.4) is 0 Å². The van der Waals surface area contributed by atoms with E-state index in [9.17, 15) is 9.59 Å². The topological polar surface area (TPSA) is 63.6 Å². The number of carboxylic acid groups (broad SMARTS) is 1. The minimum absolute atomic E-state index is 0.00870. The van der Waals surface area contributed by atoms with E-state index in [4.69, 9.17) is 9.84 Å². The van der Waals surface area contributed by atoms with Crippen molar-refractivity contribution >= 4 is 11.9 Å². The molecule has 0 radical (unpaired) electrons. The molecule has 0 aromatic rings. The Balaban J connectivity index is 2.65. The Labute approximate surface area is 76.2 Å². The molecule has 1 heterocycles. The lowest BCUT2D eigenvalue weighted by Gasteiger charge is -2.23. The van der Waals surface area contributed by atoms with Gasteiger partial charge in [-0.2, -0.15) is 0 Å². The normalized spacial score (nSPS) is 25.8. The lowest BCUT2D eigenvalue weighted by molar-refractivity contribution is -0.147. The number of carboxylic acids is 1. The van der Waals surface area contributed by atoms with Gasteiger partial charge in [-0.3, -0.25) is 9.59 Å². The number of hydrogen-bond acceptors (Lipinski definition) is 3. The lowest BCUT2D eigenvalue weighted by Crippen LogP contribution is -2.25. The van der Waals surface area contributed by atoms with Crippen LogP contribution in [0.5, 0.6) is 0 Å². The molecule has 0 bridgehead atoms. The number of aliphatic carboxylic acids is 1. The Morgan fingerprint density at radius 2 is 2.46 bits per heavy atom. The summed E-state index contributed by atoms with van der Waals surface area (Å²) in [5.74, 6) is -1.36. The molecule has 1 N–H and O–H groups in total. The number of cyclic esters (lactones) is 1. The summed E-state index contributed by atoms with van der Waals surface area (Å²) in [6.07, 6.45) is 2.01. The van der Waals surface area contributed by atoms with E-state index < -0.39 is 5.97 Å². The average Bonchev–Trinajstić information content (AvgIpc) is 2.03. The molecule has 1 aliphatic heterocycles. The van der Waals surface area contributed by atoms with Crippen LogP contribution in [0.25, 0.3) is 0 Å². The predicted molar refractivity (Wildman–Crippen MR) is 45.1 cm³/mol. The van der Waals surface area contributed by atoms with Crippen LogP contribution < -0.4 is 0 Å². The van der Waals surface area contributed by atoms with Crippen LogP contribution in [-0.4, -0.2) is 23.7 Å². The van der Waals surface area contributed by atoms with E-state index in [2.05, 4.69) is 0 Å². The number of allylic oxidation sites excluding steroid dienone is 1. The highest BCUT2D eigenvalue weighted by atomic mass is 16.5. The molecule has 1 atom stereocenters. The van der Waals surface area contributed by atoms with Crippen LogP contribution in [-0.2, 0) is 14.3 Å². The third-order valence-corrected chi connectivity index (χ3v) is 2.13. The fourth-order valence-corrected chi connectivity index (χ4v) is 1.41. The van der Waals surface area contributed by atoms with E-state index in [1.807, 2.05) is 13.0 Å². The van der Waals surface area contributed by atoms with Gasteiger partial charge in [0.15, 0.2) is 0 Å². The van der Waals surface area contributed by atoms with Gasteiger partial charge in [0.2, 0.25) is 0 Å². The molecule has 1 rings (SSSR count). The monoisotopic (exact) mass is 184 g/mol. The van der Waals surface area contributed by atoms with E-state index in [1.54, 1.807) is 0 Å². The SMILES string of the molecule is C/C=C1\COC(=O)C[C@H]1CC(=O)O. The quantitative estimate of drug-likeness (QED) is 0.513. The number of ether oxygens (including phenoxy) is 1. The maximum atomic E-state index is 10.9. The number of carbonyl (C=O) groups excluding carboxylic acids is 1. The Morgan fingerprint density at radius 3 is 3.00 bits per heavy atom. The van der Waals surface area contributed by atoms with Crippen LogP contribution in [0.2, 0.25) is 0 Å². The zero-order chi connectivity index (χ0) is 9.84. The second-order valence-electron chi connectivity index (χ2n) is 3.02. The van der Waals surface area contributed by atoms with Gasteiger partial charge in [0.1, 0.15) is 6.61 Å². The first-order valence-electron chi connectivity index (χ1n) is 4.16. The third-order valence-electron chi connectivity index (χ3n) is 2.13. The maximum Gasteiger partial charge on any atom is 0.306 e. The van der Waals surface area contributed by atoms with Gasteiger partial charge in [0.05, 0.1) is 12.8 Å². The van der Waals surface area contributed by atoms with Gasteiger partial charge in [-0.1, -0.05) is 6.08 Å². The van der Waals surface area contributed by atoms with Crippen molar-refractivity contribution in [1.29, 1.82) is 0 Å². The van der Waals surface area contributed by atoms with E-state index in [0.717, 1.165) is 5.57 Å². The lowest BCUT2D eigenvalue weighted by atomic mass is 9.91. The molecule has 0 unspecified atom stereocenters. The van der Waals surface area contributed by atoms with Crippen molar-refractivity contribution < 1.29 is 19.4 Å². The van der Waals surface area contributed by atoms with Crippen molar-refractivity contribution in [3.8, 4) is 0 Å². The molecule has 0 aromatic heterocycles. The molecule has 0 aromatic carbocycles. The molecule has 4 nitrogen and oxygen atoms in total. The van der Waals surface area contributed by atoms with Gasteiger partial charge >= 0.3 is 11.9 Å². The molecular formula is C9H12O4. The molecule has 0 spiro atoms. The van der Waals surface area contributed by atoms with Crippen molar-refractivity contribution in [3.63, 3.8) is 0 Å². The van der Waals surface area contributed by atoms with Crippen LogP contribution >= 0.6 is 0 Å². The minimum Gasteiger partial charge on any atom is -0.481 e. The van der Waals surface area contributed by atoms with Crippen LogP contribution in [0.4, 0.5) is 0 Å². The van der Waals surface area contributed by atoms with Crippen molar-refractivity contribution in [2.24, 2.45) is 5.92 Å². The molecule has 4 heteroatoms. The zero-order valence-corrected chi connectivity index (χ0v) is 7.45. The Hall–Kier alpha value is -1.32. The average molecular weight is 184 g/mol. The van der Waals surface area contributed by atoms with Crippen molar-refractivity contribution in [3.05, 3.63) is 11.6 Å². The van der Waals surface area contributed by atoms with E-state index in [-0.39, 0.29) is 31.3 Å². The first-order valence-corrected chi connectivity index (χ1v) is 4.16. The summed E-state index contributed by atoms with van der Waals surface area (Å²) >= 11 is 0. The van der Waals surface area contributed by atoms with E-state index >= 15 is 0 Å². The second-order valence-corrected chi connectivity index (χ2v) is 3.02. The molecule has 0 saturated carbocycles. The fourth-order valence-electron chi connectivity index (χ4n) is 1.41.